The molecule has 0 bridgehead atoms. The maximum absolute atomic E-state index is 12.6. The van der Waals surface area contributed by atoms with E-state index in [9.17, 15) is 8.42 Å². The van der Waals surface area contributed by atoms with Crippen LogP contribution in [0.2, 0.25) is 0 Å². The lowest BCUT2D eigenvalue weighted by Crippen LogP contribution is -2.48. The molecule has 1 fully saturated rings. The standard InChI is InChI=1S/C13H28N2O2S/c1-4-5-6-10-15(12(2)3)18(16,17)13-8-7-9-14-11-13/h12-14H,4-11H2,1-3H3. The molecule has 1 rings (SSSR count). The first kappa shape index (κ1) is 15.9. The first-order chi connectivity index (χ1) is 8.50. The van der Waals surface area contributed by atoms with Crippen LogP contribution in [0.5, 0.6) is 0 Å². The van der Waals surface area contributed by atoms with Gasteiger partial charge in [-0.3, -0.25) is 0 Å². The Bertz CT molecular complexity index is 322. The van der Waals surface area contributed by atoms with E-state index >= 15 is 0 Å². The van der Waals surface area contributed by atoms with Gasteiger partial charge in [0.25, 0.3) is 0 Å². The van der Waals surface area contributed by atoms with E-state index < -0.39 is 10.0 Å². The fraction of sp³-hybridized carbons (Fsp3) is 1.00. The molecular weight excluding hydrogens is 248 g/mol. The Morgan fingerprint density at radius 1 is 1.33 bits per heavy atom. The van der Waals surface area contributed by atoms with Gasteiger partial charge in [0.05, 0.1) is 5.25 Å². The van der Waals surface area contributed by atoms with E-state index in [1.165, 1.54) is 0 Å². The van der Waals surface area contributed by atoms with E-state index in [4.69, 9.17) is 0 Å². The van der Waals surface area contributed by atoms with E-state index in [2.05, 4.69) is 12.2 Å². The normalized spacial score (nSPS) is 21.7. The van der Waals surface area contributed by atoms with Gasteiger partial charge in [0.15, 0.2) is 0 Å². The molecule has 0 saturated carbocycles. The van der Waals surface area contributed by atoms with Gasteiger partial charge in [0.2, 0.25) is 10.0 Å². The second-order valence-electron chi connectivity index (χ2n) is 5.42. The van der Waals surface area contributed by atoms with Crippen LogP contribution in [0.4, 0.5) is 0 Å². The molecule has 1 aliphatic rings. The summed E-state index contributed by atoms with van der Waals surface area (Å²) in [4.78, 5) is 0. The molecule has 0 amide bonds. The third-order valence-electron chi connectivity index (χ3n) is 3.56. The highest BCUT2D eigenvalue weighted by molar-refractivity contribution is 7.89. The lowest BCUT2D eigenvalue weighted by atomic mass is 10.2. The number of hydrogen-bond donors (Lipinski definition) is 1. The minimum Gasteiger partial charge on any atom is -0.315 e. The summed E-state index contributed by atoms with van der Waals surface area (Å²) in [6.45, 7) is 8.31. The molecule has 0 aromatic heterocycles. The van der Waals surface area contributed by atoms with Crippen molar-refractivity contribution in [3.8, 4) is 0 Å². The molecule has 1 saturated heterocycles. The van der Waals surface area contributed by atoms with E-state index in [0.717, 1.165) is 38.6 Å². The zero-order chi connectivity index (χ0) is 13.6. The SMILES string of the molecule is CCCCCN(C(C)C)S(=O)(=O)C1CCCNC1. The van der Waals surface area contributed by atoms with Gasteiger partial charge >= 0.3 is 0 Å². The van der Waals surface area contributed by atoms with Crippen molar-refractivity contribution in [2.24, 2.45) is 0 Å². The third kappa shape index (κ3) is 4.21. The minimum absolute atomic E-state index is 0.0637. The highest BCUT2D eigenvalue weighted by Gasteiger charge is 2.33. The molecule has 1 aliphatic heterocycles. The predicted molar refractivity (Wildman–Crippen MR) is 76.2 cm³/mol. The molecule has 0 spiro atoms. The van der Waals surface area contributed by atoms with Gasteiger partial charge in [-0.25, -0.2) is 8.42 Å². The van der Waals surface area contributed by atoms with Gasteiger partial charge in [0.1, 0.15) is 0 Å². The van der Waals surface area contributed by atoms with Gasteiger partial charge in [-0.15, -0.1) is 0 Å². The number of nitrogens with zero attached hydrogens (tertiary/aromatic N) is 1. The molecular formula is C13H28N2O2S. The van der Waals surface area contributed by atoms with Crippen molar-refractivity contribution < 1.29 is 8.42 Å². The lowest BCUT2D eigenvalue weighted by molar-refractivity contribution is 0.334. The summed E-state index contributed by atoms with van der Waals surface area (Å²) in [6, 6.07) is 0.0637. The van der Waals surface area contributed by atoms with Gasteiger partial charge in [-0.05, 0) is 39.7 Å². The van der Waals surface area contributed by atoms with Crippen molar-refractivity contribution in [2.45, 2.75) is 64.2 Å². The Balaban J connectivity index is 2.69. The highest BCUT2D eigenvalue weighted by atomic mass is 32.2. The molecule has 0 aromatic carbocycles. The number of unbranched alkanes of at least 4 members (excludes halogenated alkanes) is 2. The monoisotopic (exact) mass is 276 g/mol. The molecule has 4 nitrogen and oxygen atoms in total. The van der Waals surface area contributed by atoms with Crippen LogP contribution in [-0.2, 0) is 10.0 Å². The smallest absolute Gasteiger partial charge is 0.218 e. The number of nitrogens with one attached hydrogen (secondary N) is 1. The maximum Gasteiger partial charge on any atom is 0.218 e. The van der Waals surface area contributed by atoms with Crippen molar-refractivity contribution in [3.05, 3.63) is 0 Å². The third-order valence-corrected chi connectivity index (χ3v) is 6.06. The zero-order valence-electron chi connectivity index (χ0n) is 12.0. The van der Waals surface area contributed by atoms with Crippen LogP contribution in [0.25, 0.3) is 0 Å². The topological polar surface area (TPSA) is 49.4 Å². The summed E-state index contributed by atoms with van der Waals surface area (Å²) in [5, 5.41) is 2.97. The summed E-state index contributed by atoms with van der Waals surface area (Å²) in [5.74, 6) is 0. The molecule has 1 heterocycles. The van der Waals surface area contributed by atoms with Crippen molar-refractivity contribution in [3.63, 3.8) is 0 Å². The number of piperidine rings is 1. The first-order valence-electron chi connectivity index (χ1n) is 7.21. The lowest BCUT2D eigenvalue weighted by Gasteiger charge is -2.32. The second kappa shape index (κ2) is 7.46. The summed E-state index contributed by atoms with van der Waals surface area (Å²) in [7, 11) is -3.13. The van der Waals surface area contributed by atoms with E-state index in [0.29, 0.717) is 13.1 Å². The fourth-order valence-electron chi connectivity index (χ4n) is 2.46. The molecule has 5 heteroatoms. The van der Waals surface area contributed by atoms with Crippen LogP contribution in [0.3, 0.4) is 0 Å². The van der Waals surface area contributed by atoms with Crippen LogP contribution < -0.4 is 5.32 Å². The zero-order valence-corrected chi connectivity index (χ0v) is 12.8. The summed E-state index contributed by atoms with van der Waals surface area (Å²) in [5.41, 5.74) is 0. The van der Waals surface area contributed by atoms with Crippen LogP contribution in [0, 0.1) is 0 Å². The summed E-state index contributed by atoms with van der Waals surface area (Å²) >= 11 is 0. The number of hydrogen-bond acceptors (Lipinski definition) is 3. The molecule has 1 N–H and O–H groups in total. The molecule has 1 atom stereocenters. The Labute approximate surface area is 112 Å². The van der Waals surface area contributed by atoms with Crippen LogP contribution >= 0.6 is 0 Å². The largest absolute Gasteiger partial charge is 0.315 e. The maximum atomic E-state index is 12.6. The second-order valence-corrected chi connectivity index (χ2v) is 7.59. The average Bonchev–Trinajstić information content (AvgIpc) is 2.35. The van der Waals surface area contributed by atoms with E-state index in [1.54, 1.807) is 4.31 Å². The van der Waals surface area contributed by atoms with Crippen molar-refractivity contribution in [2.75, 3.05) is 19.6 Å². The number of rotatable bonds is 7. The predicted octanol–water partition coefficient (Wildman–Crippen LogP) is 1.97. The Morgan fingerprint density at radius 2 is 2.06 bits per heavy atom. The Morgan fingerprint density at radius 3 is 2.56 bits per heavy atom. The minimum atomic E-state index is -3.13. The molecule has 0 aromatic rings. The highest BCUT2D eigenvalue weighted by Crippen LogP contribution is 2.19. The van der Waals surface area contributed by atoms with Crippen molar-refractivity contribution in [1.82, 2.24) is 9.62 Å². The first-order valence-corrected chi connectivity index (χ1v) is 8.71. The number of sulfonamides is 1. The van der Waals surface area contributed by atoms with Gasteiger partial charge in [-0.1, -0.05) is 19.8 Å². The molecule has 18 heavy (non-hydrogen) atoms. The fourth-order valence-corrected chi connectivity index (χ4v) is 4.61. The molecule has 0 radical (unpaired) electrons. The van der Waals surface area contributed by atoms with Crippen molar-refractivity contribution >= 4 is 10.0 Å². The quantitative estimate of drug-likeness (QED) is 0.723. The van der Waals surface area contributed by atoms with Crippen LogP contribution in [0.1, 0.15) is 52.9 Å². The Kier molecular flexibility index (Phi) is 6.60. The van der Waals surface area contributed by atoms with E-state index in [1.807, 2.05) is 13.8 Å². The molecule has 108 valence electrons. The van der Waals surface area contributed by atoms with Gasteiger partial charge < -0.3 is 5.32 Å². The average molecular weight is 276 g/mol. The summed E-state index contributed by atoms with van der Waals surface area (Å²) in [6.07, 6.45) is 4.95. The molecule has 0 aliphatic carbocycles. The van der Waals surface area contributed by atoms with Crippen molar-refractivity contribution in [1.29, 1.82) is 0 Å². The van der Waals surface area contributed by atoms with Gasteiger partial charge in [0, 0.05) is 19.1 Å². The Hall–Kier alpha value is -0.130. The van der Waals surface area contributed by atoms with Crippen LogP contribution in [-0.4, -0.2) is 43.6 Å². The van der Waals surface area contributed by atoms with Gasteiger partial charge in [-0.2, -0.15) is 4.31 Å². The summed E-state index contributed by atoms with van der Waals surface area (Å²) < 4.78 is 26.9. The van der Waals surface area contributed by atoms with Crippen LogP contribution in [0.15, 0.2) is 0 Å². The molecule has 1 unspecified atom stereocenters. The van der Waals surface area contributed by atoms with E-state index in [-0.39, 0.29) is 11.3 Å².